The number of carbonyl (C=O) groups excluding carboxylic acids is 2. The first-order chi connectivity index (χ1) is 14.1. The third kappa shape index (κ3) is 4.56. The monoisotopic (exact) mass is 399 g/mol. The number of hydrogen-bond donors (Lipinski definition) is 1. The number of methoxy groups -OCH3 is 2. The Hall–Kier alpha value is -3.36. The van der Waals surface area contributed by atoms with Gasteiger partial charge in [-0.05, 0) is 18.2 Å². The summed E-state index contributed by atoms with van der Waals surface area (Å²) >= 11 is 0. The molecule has 0 bridgehead atoms. The molecule has 3 rings (SSSR count). The smallest absolute Gasteiger partial charge is 0.254 e. The summed E-state index contributed by atoms with van der Waals surface area (Å²) in [6, 6.07) is 5.04. The van der Waals surface area contributed by atoms with Crippen molar-refractivity contribution in [3.8, 4) is 11.5 Å². The van der Waals surface area contributed by atoms with Gasteiger partial charge in [0.15, 0.2) is 11.5 Å². The van der Waals surface area contributed by atoms with Crippen LogP contribution < -0.4 is 19.7 Å². The summed E-state index contributed by atoms with van der Waals surface area (Å²) in [5.74, 6) is 1.13. The van der Waals surface area contributed by atoms with Crippen LogP contribution in [0.4, 0.5) is 11.6 Å². The molecule has 1 fully saturated rings. The Kier molecular flexibility index (Phi) is 6.48. The summed E-state index contributed by atoms with van der Waals surface area (Å²) in [5.41, 5.74) is 0.844. The Morgan fingerprint density at radius 2 is 1.76 bits per heavy atom. The van der Waals surface area contributed by atoms with Gasteiger partial charge in [0.25, 0.3) is 5.91 Å². The molecule has 154 valence electrons. The molecular formula is C20H25N5O4. The van der Waals surface area contributed by atoms with E-state index in [1.807, 2.05) is 4.90 Å². The lowest BCUT2D eigenvalue weighted by atomic mass is 10.1. The Morgan fingerprint density at radius 1 is 1.07 bits per heavy atom. The first kappa shape index (κ1) is 20.4. The molecule has 0 unspecified atom stereocenters. The van der Waals surface area contributed by atoms with Crippen molar-refractivity contribution in [2.24, 2.45) is 0 Å². The van der Waals surface area contributed by atoms with Gasteiger partial charge in [-0.25, -0.2) is 9.97 Å². The van der Waals surface area contributed by atoms with Crippen LogP contribution in [0, 0.1) is 0 Å². The summed E-state index contributed by atoms with van der Waals surface area (Å²) in [6.07, 6.45) is 3.72. The second-order valence-electron chi connectivity index (χ2n) is 6.49. The molecule has 1 aliphatic heterocycles. The molecule has 1 aliphatic rings. The third-order valence-electron chi connectivity index (χ3n) is 4.72. The van der Waals surface area contributed by atoms with Gasteiger partial charge in [0.1, 0.15) is 0 Å². The SMILES string of the molecule is CCC(=O)Nc1cc(C(=O)N2CCN(c3ncccn3)CC2)cc(OC)c1OC. The van der Waals surface area contributed by atoms with Crippen molar-refractivity contribution in [2.75, 3.05) is 50.6 Å². The summed E-state index contributed by atoms with van der Waals surface area (Å²) < 4.78 is 10.7. The van der Waals surface area contributed by atoms with Gasteiger partial charge in [-0.2, -0.15) is 0 Å². The number of piperazine rings is 1. The van der Waals surface area contributed by atoms with Crippen molar-refractivity contribution < 1.29 is 19.1 Å². The molecule has 9 heteroatoms. The Labute approximate surface area is 169 Å². The molecule has 1 aromatic heterocycles. The van der Waals surface area contributed by atoms with Gasteiger partial charge < -0.3 is 24.6 Å². The molecule has 2 heterocycles. The normalized spacial score (nSPS) is 13.8. The Morgan fingerprint density at radius 3 is 2.34 bits per heavy atom. The van der Waals surface area contributed by atoms with Crippen molar-refractivity contribution in [3.63, 3.8) is 0 Å². The Balaban J connectivity index is 1.78. The fraction of sp³-hybridized carbons (Fsp3) is 0.400. The molecule has 1 N–H and O–H groups in total. The summed E-state index contributed by atoms with van der Waals surface area (Å²) in [6.45, 7) is 4.12. The van der Waals surface area contributed by atoms with E-state index in [9.17, 15) is 9.59 Å². The summed E-state index contributed by atoms with van der Waals surface area (Å²) in [4.78, 5) is 37.3. The molecule has 2 aromatic rings. The molecule has 1 saturated heterocycles. The molecule has 2 amide bonds. The number of benzene rings is 1. The van der Waals surface area contributed by atoms with Crippen molar-refractivity contribution in [3.05, 3.63) is 36.2 Å². The van der Waals surface area contributed by atoms with E-state index in [1.165, 1.54) is 14.2 Å². The van der Waals surface area contributed by atoms with Crippen molar-refractivity contribution >= 4 is 23.5 Å². The standard InChI is InChI=1S/C20H25N5O4/c1-4-17(26)23-15-12-14(13-16(28-2)18(15)29-3)19(27)24-8-10-25(11-9-24)20-21-6-5-7-22-20/h5-7,12-13H,4,8-11H2,1-3H3,(H,23,26). The zero-order valence-electron chi connectivity index (χ0n) is 16.8. The fourth-order valence-electron chi connectivity index (χ4n) is 3.17. The van der Waals surface area contributed by atoms with Gasteiger partial charge in [-0.15, -0.1) is 0 Å². The number of aromatic nitrogens is 2. The lowest BCUT2D eigenvalue weighted by molar-refractivity contribution is -0.115. The molecule has 0 radical (unpaired) electrons. The molecule has 0 atom stereocenters. The average molecular weight is 399 g/mol. The minimum absolute atomic E-state index is 0.133. The van der Waals surface area contributed by atoms with Crippen LogP contribution in [0.2, 0.25) is 0 Å². The van der Waals surface area contributed by atoms with Crippen LogP contribution in [-0.2, 0) is 4.79 Å². The van der Waals surface area contributed by atoms with Crippen LogP contribution in [0.5, 0.6) is 11.5 Å². The molecular weight excluding hydrogens is 374 g/mol. The van der Waals surface area contributed by atoms with Crippen molar-refractivity contribution in [2.45, 2.75) is 13.3 Å². The van der Waals surface area contributed by atoms with E-state index >= 15 is 0 Å². The second-order valence-corrected chi connectivity index (χ2v) is 6.49. The van der Waals surface area contributed by atoms with Gasteiger partial charge >= 0.3 is 0 Å². The van der Waals surface area contributed by atoms with Crippen LogP contribution in [-0.4, -0.2) is 67.1 Å². The minimum Gasteiger partial charge on any atom is -0.493 e. The highest BCUT2D eigenvalue weighted by Crippen LogP contribution is 2.37. The number of amides is 2. The molecule has 0 aliphatic carbocycles. The van der Waals surface area contributed by atoms with Crippen LogP contribution >= 0.6 is 0 Å². The highest BCUT2D eigenvalue weighted by Gasteiger charge is 2.25. The summed E-state index contributed by atoms with van der Waals surface area (Å²) in [7, 11) is 2.99. The molecule has 9 nitrogen and oxygen atoms in total. The lowest BCUT2D eigenvalue weighted by Crippen LogP contribution is -2.49. The average Bonchev–Trinajstić information content (AvgIpc) is 2.78. The molecule has 0 saturated carbocycles. The zero-order valence-corrected chi connectivity index (χ0v) is 16.8. The quantitative estimate of drug-likeness (QED) is 0.791. The number of nitrogens with one attached hydrogen (secondary N) is 1. The van der Waals surface area contributed by atoms with Crippen LogP contribution in [0.15, 0.2) is 30.6 Å². The number of anilines is 2. The van der Waals surface area contributed by atoms with Crippen LogP contribution in [0.25, 0.3) is 0 Å². The molecule has 0 spiro atoms. The van der Waals surface area contributed by atoms with E-state index in [0.29, 0.717) is 61.3 Å². The van der Waals surface area contributed by atoms with Crippen molar-refractivity contribution in [1.82, 2.24) is 14.9 Å². The number of ether oxygens (including phenoxy) is 2. The minimum atomic E-state index is -0.175. The van der Waals surface area contributed by atoms with E-state index in [0.717, 1.165) is 0 Å². The first-order valence-electron chi connectivity index (χ1n) is 9.44. The first-order valence-corrected chi connectivity index (χ1v) is 9.44. The maximum atomic E-state index is 13.1. The van der Waals surface area contributed by atoms with Gasteiger partial charge in [0.05, 0.1) is 19.9 Å². The van der Waals surface area contributed by atoms with Gasteiger partial charge in [-0.3, -0.25) is 9.59 Å². The van der Waals surface area contributed by atoms with E-state index in [4.69, 9.17) is 9.47 Å². The predicted octanol–water partition coefficient (Wildman–Crippen LogP) is 1.80. The maximum absolute atomic E-state index is 13.1. The van der Waals surface area contributed by atoms with E-state index in [2.05, 4.69) is 15.3 Å². The zero-order chi connectivity index (χ0) is 20.8. The maximum Gasteiger partial charge on any atom is 0.254 e. The van der Waals surface area contributed by atoms with E-state index in [1.54, 1.807) is 42.4 Å². The summed E-state index contributed by atoms with van der Waals surface area (Å²) in [5, 5.41) is 2.77. The van der Waals surface area contributed by atoms with Crippen molar-refractivity contribution in [1.29, 1.82) is 0 Å². The highest BCUT2D eigenvalue weighted by molar-refractivity contribution is 5.99. The lowest BCUT2D eigenvalue weighted by Gasteiger charge is -2.34. The van der Waals surface area contributed by atoms with Crippen LogP contribution in [0.1, 0.15) is 23.7 Å². The Bertz CT molecular complexity index is 867. The predicted molar refractivity (Wildman–Crippen MR) is 109 cm³/mol. The topological polar surface area (TPSA) is 96.9 Å². The largest absolute Gasteiger partial charge is 0.493 e. The molecule has 1 aromatic carbocycles. The third-order valence-corrected chi connectivity index (χ3v) is 4.72. The van der Waals surface area contributed by atoms with Gasteiger partial charge in [-0.1, -0.05) is 6.92 Å². The highest BCUT2D eigenvalue weighted by atomic mass is 16.5. The number of nitrogens with zero attached hydrogens (tertiary/aromatic N) is 4. The van der Waals surface area contributed by atoms with E-state index < -0.39 is 0 Å². The van der Waals surface area contributed by atoms with Gasteiger partial charge in [0.2, 0.25) is 11.9 Å². The number of hydrogen-bond acceptors (Lipinski definition) is 7. The molecule has 29 heavy (non-hydrogen) atoms. The van der Waals surface area contributed by atoms with Gasteiger partial charge in [0, 0.05) is 50.6 Å². The fourth-order valence-corrected chi connectivity index (χ4v) is 3.17. The number of carbonyl (C=O) groups is 2. The second kappa shape index (κ2) is 9.22. The van der Waals surface area contributed by atoms with E-state index in [-0.39, 0.29) is 11.8 Å². The van der Waals surface area contributed by atoms with Crippen LogP contribution in [0.3, 0.4) is 0 Å². The number of rotatable bonds is 6.